The zero-order chi connectivity index (χ0) is 30.8. The Kier molecular flexibility index (Phi) is 12.2. The standard InChI is InChI=1S/C24H35ClN5O12P/c1-3-36-23(32)38-12-40-43(34,41-13-39-24(33)37-4-2)14-35-10-17-16(31)9-18(42-17)30-11-26-19-20(27-15-7-5-6-8-15)28-22(25)29-21(19)30/h11,15-18,31H,3-10,12-14H2,1-2H3,(H,27,28,29)/t16-,17+,18+/m0/s1. The number of aliphatic hydroxyl groups excluding tert-OH is 1. The summed E-state index contributed by atoms with van der Waals surface area (Å²) in [5.74, 6) is 0.536. The maximum Gasteiger partial charge on any atom is 0.510 e. The van der Waals surface area contributed by atoms with Crippen LogP contribution >= 0.6 is 19.2 Å². The molecule has 240 valence electrons. The molecule has 3 heterocycles. The maximum absolute atomic E-state index is 13.2. The quantitative estimate of drug-likeness (QED) is 0.121. The number of hydrogen-bond acceptors (Lipinski definition) is 16. The highest BCUT2D eigenvalue weighted by Gasteiger charge is 2.37. The normalized spacial score (nSPS) is 20.8. The van der Waals surface area contributed by atoms with E-state index in [4.69, 9.17) is 30.1 Å². The molecule has 0 spiro atoms. The van der Waals surface area contributed by atoms with Crippen LogP contribution in [-0.2, 0) is 42.0 Å². The first-order chi connectivity index (χ1) is 20.7. The molecule has 1 saturated carbocycles. The molecule has 2 aromatic rings. The molecule has 0 aromatic carbocycles. The van der Waals surface area contributed by atoms with Gasteiger partial charge in [0, 0.05) is 12.5 Å². The number of fused-ring (bicyclic) bond motifs is 1. The summed E-state index contributed by atoms with van der Waals surface area (Å²) < 4.78 is 55.0. The van der Waals surface area contributed by atoms with Gasteiger partial charge >= 0.3 is 19.9 Å². The van der Waals surface area contributed by atoms with Crippen LogP contribution in [0.15, 0.2) is 6.33 Å². The summed E-state index contributed by atoms with van der Waals surface area (Å²) in [7, 11) is -4.14. The maximum atomic E-state index is 13.2. The van der Waals surface area contributed by atoms with Gasteiger partial charge in [0.15, 0.2) is 17.0 Å². The number of carbonyl (C=O) groups is 2. The molecule has 3 atom stereocenters. The van der Waals surface area contributed by atoms with Crippen molar-refractivity contribution in [2.45, 2.75) is 70.4 Å². The number of nitrogens with one attached hydrogen (secondary N) is 1. The smallest absolute Gasteiger partial charge is 0.435 e. The number of aliphatic hydroxyl groups is 1. The highest BCUT2D eigenvalue weighted by Crippen LogP contribution is 2.48. The van der Waals surface area contributed by atoms with Gasteiger partial charge in [-0.15, -0.1) is 0 Å². The zero-order valence-corrected chi connectivity index (χ0v) is 25.4. The lowest BCUT2D eigenvalue weighted by molar-refractivity contribution is -0.0609. The summed E-state index contributed by atoms with van der Waals surface area (Å²) in [6.07, 6.45) is 0.849. The van der Waals surface area contributed by atoms with Gasteiger partial charge in [-0.3, -0.25) is 18.2 Å². The van der Waals surface area contributed by atoms with Crippen LogP contribution in [0.5, 0.6) is 0 Å². The fourth-order valence-corrected chi connectivity index (χ4v) is 5.67. The van der Waals surface area contributed by atoms with Gasteiger partial charge in [-0.25, -0.2) is 14.6 Å². The van der Waals surface area contributed by atoms with Crippen LogP contribution in [0.2, 0.25) is 5.28 Å². The Balaban J connectivity index is 1.35. The number of ether oxygens (including phenoxy) is 6. The molecule has 17 nitrogen and oxygen atoms in total. The Morgan fingerprint density at radius 1 is 1.09 bits per heavy atom. The molecular weight excluding hydrogens is 617 g/mol. The van der Waals surface area contributed by atoms with E-state index in [2.05, 4.69) is 39.2 Å². The predicted molar refractivity (Wildman–Crippen MR) is 147 cm³/mol. The van der Waals surface area contributed by atoms with Crippen molar-refractivity contribution in [1.82, 2.24) is 19.5 Å². The van der Waals surface area contributed by atoms with Crippen LogP contribution in [0.25, 0.3) is 11.2 Å². The van der Waals surface area contributed by atoms with Gasteiger partial charge < -0.3 is 38.8 Å². The second kappa shape index (κ2) is 15.8. The van der Waals surface area contributed by atoms with Crippen molar-refractivity contribution in [1.29, 1.82) is 0 Å². The number of rotatable bonds is 15. The third-order valence-electron chi connectivity index (χ3n) is 6.51. The predicted octanol–water partition coefficient (Wildman–Crippen LogP) is 3.94. The van der Waals surface area contributed by atoms with Crippen LogP contribution in [0.1, 0.15) is 52.2 Å². The third kappa shape index (κ3) is 9.35. The van der Waals surface area contributed by atoms with Gasteiger partial charge in [0.2, 0.25) is 18.9 Å². The molecular formula is C24H35ClN5O12P. The molecule has 2 aliphatic rings. The SMILES string of the molecule is CCOC(=O)OCOP(=O)(COC[C@H]1O[C@@H](n2cnc3c(NC4CCCC4)nc(Cl)nc32)C[C@@H]1O)OCOC(=O)OCC. The van der Waals surface area contributed by atoms with E-state index >= 15 is 0 Å². The number of halogens is 1. The highest BCUT2D eigenvalue weighted by molar-refractivity contribution is 7.53. The molecule has 0 unspecified atom stereocenters. The Morgan fingerprint density at radius 3 is 2.37 bits per heavy atom. The molecule has 43 heavy (non-hydrogen) atoms. The average molecular weight is 652 g/mol. The van der Waals surface area contributed by atoms with E-state index in [0.29, 0.717) is 17.0 Å². The Hall–Kier alpha value is -2.79. The first-order valence-electron chi connectivity index (χ1n) is 13.8. The number of hydrogen-bond donors (Lipinski definition) is 2. The van der Waals surface area contributed by atoms with Gasteiger partial charge in [0.25, 0.3) is 0 Å². The minimum atomic E-state index is -4.14. The lowest BCUT2D eigenvalue weighted by Crippen LogP contribution is -2.27. The Labute approximate surface area is 251 Å². The fraction of sp³-hybridized carbons (Fsp3) is 0.708. The molecule has 0 amide bonds. The molecule has 1 saturated heterocycles. The Morgan fingerprint density at radius 2 is 1.74 bits per heavy atom. The van der Waals surface area contributed by atoms with Crippen molar-refractivity contribution in [2.24, 2.45) is 0 Å². The van der Waals surface area contributed by atoms with Crippen molar-refractivity contribution >= 4 is 48.5 Å². The largest absolute Gasteiger partial charge is 0.510 e. The second-order valence-corrected chi connectivity index (χ2v) is 11.8. The summed E-state index contributed by atoms with van der Waals surface area (Å²) in [5.41, 5.74) is 0.966. The van der Waals surface area contributed by atoms with E-state index in [1.165, 1.54) is 0 Å². The molecule has 1 aliphatic heterocycles. The summed E-state index contributed by atoms with van der Waals surface area (Å²) in [6, 6.07) is 0.280. The summed E-state index contributed by atoms with van der Waals surface area (Å²) >= 11 is 6.22. The zero-order valence-electron chi connectivity index (χ0n) is 23.7. The number of carbonyl (C=O) groups excluding carboxylic acids is 2. The van der Waals surface area contributed by atoms with Gasteiger partial charge in [0.05, 0.1) is 32.3 Å². The molecule has 19 heteroatoms. The van der Waals surface area contributed by atoms with Crippen LogP contribution in [-0.4, -0.2) is 94.9 Å². The van der Waals surface area contributed by atoms with E-state index in [9.17, 15) is 19.3 Å². The van der Waals surface area contributed by atoms with Gasteiger partial charge in [-0.05, 0) is 38.3 Å². The van der Waals surface area contributed by atoms with E-state index in [1.807, 2.05) is 0 Å². The van der Waals surface area contributed by atoms with Crippen LogP contribution in [0.4, 0.5) is 15.4 Å². The van der Waals surface area contributed by atoms with Crippen molar-refractivity contribution in [2.75, 3.05) is 45.1 Å². The van der Waals surface area contributed by atoms with Gasteiger partial charge in [0.1, 0.15) is 18.7 Å². The van der Waals surface area contributed by atoms with E-state index in [-0.39, 0.29) is 37.6 Å². The minimum Gasteiger partial charge on any atom is -0.435 e. The second-order valence-electron chi connectivity index (χ2n) is 9.48. The summed E-state index contributed by atoms with van der Waals surface area (Å²) in [5, 5.41) is 14.1. The Bertz CT molecular complexity index is 1250. The topological polar surface area (TPSA) is 201 Å². The number of nitrogens with zero attached hydrogens (tertiary/aromatic N) is 4. The molecule has 1 aliphatic carbocycles. The van der Waals surface area contributed by atoms with Crippen molar-refractivity contribution in [3.8, 4) is 0 Å². The highest BCUT2D eigenvalue weighted by atomic mass is 35.5. The van der Waals surface area contributed by atoms with Crippen LogP contribution in [0.3, 0.4) is 0 Å². The van der Waals surface area contributed by atoms with Crippen molar-refractivity contribution in [3.05, 3.63) is 11.6 Å². The van der Waals surface area contributed by atoms with Crippen molar-refractivity contribution in [3.63, 3.8) is 0 Å². The molecule has 0 radical (unpaired) electrons. The summed E-state index contributed by atoms with van der Waals surface area (Å²) in [4.78, 5) is 35.9. The molecule has 2 aromatic heterocycles. The van der Waals surface area contributed by atoms with Crippen molar-refractivity contribution < 1.29 is 56.7 Å². The first-order valence-corrected chi connectivity index (χ1v) is 15.9. The first kappa shape index (κ1) is 33.1. The third-order valence-corrected chi connectivity index (χ3v) is 8.18. The van der Waals surface area contributed by atoms with E-state index < -0.39 is 58.3 Å². The van der Waals surface area contributed by atoms with E-state index in [1.54, 1.807) is 24.7 Å². The van der Waals surface area contributed by atoms with Crippen LogP contribution in [0, 0.1) is 0 Å². The van der Waals surface area contributed by atoms with E-state index in [0.717, 1.165) is 25.7 Å². The van der Waals surface area contributed by atoms with Gasteiger partial charge in [-0.1, -0.05) is 12.8 Å². The lowest BCUT2D eigenvalue weighted by Gasteiger charge is -2.20. The molecule has 2 N–H and O–H groups in total. The molecule has 2 fully saturated rings. The monoisotopic (exact) mass is 651 g/mol. The summed E-state index contributed by atoms with van der Waals surface area (Å²) in [6.45, 7) is 1.46. The lowest BCUT2D eigenvalue weighted by atomic mass is 10.2. The number of aromatic nitrogens is 4. The van der Waals surface area contributed by atoms with Gasteiger partial charge in [-0.2, -0.15) is 9.97 Å². The fourth-order valence-electron chi connectivity index (χ4n) is 4.52. The minimum absolute atomic E-state index is 0.0443. The average Bonchev–Trinajstić information content (AvgIpc) is 3.70. The number of imidazole rings is 1. The molecule has 0 bridgehead atoms. The van der Waals surface area contributed by atoms with Crippen LogP contribution < -0.4 is 5.32 Å². The molecule has 4 rings (SSSR count). The number of anilines is 1.